The van der Waals surface area contributed by atoms with Gasteiger partial charge in [0.1, 0.15) is 0 Å². The highest BCUT2D eigenvalue weighted by molar-refractivity contribution is 5.76. The topological polar surface area (TPSA) is 49.0 Å². The molecular formula is C17H27N3O. The Balaban J connectivity index is 1.40. The smallest absolute Gasteiger partial charge is 0.222 e. The van der Waals surface area contributed by atoms with Gasteiger partial charge in [-0.3, -0.25) is 4.79 Å². The minimum absolute atomic E-state index is 0.343. The molecule has 0 unspecified atom stereocenters. The maximum atomic E-state index is 12.4. The molecule has 1 aromatic rings. The number of nitrogens with zero attached hydrogens (tertiary/aromatic N) is 2. The third kappa shape index (κ3) is 3.86. The van der Waals surface area contributed by atoms with Gasteiger partial charge in [0.2, 0.25) is 5.91 Å². The summed E-state index contributed by atoms with van der Waals surface area (Å²) < 4.78 is 0. The van der Waals surface area contributed by atoms with E-state index in [1.165, 1.54) is 44.2 Å². The molecule has 1 aliphatic carbocycles. The monoisotopic (exact) mass is 289 g/mol. The summed E-state index contributed by atoms with van der Waals surface area (Å²) in [5, 5.41) is 0. The van der Waals surface area contributed by atoms with Crippen LogP contribution in [0.25, 0.3) is 0 Å². The molecule has 0 atom stereocenters. The van der Waals surface area contributed by atoms with E-state index in [-0.39, 0.29) is 0 Å². The molecule has 0 spiro atoms. The number of rotatable bonds is 4. The SMILES string of the molecule is O=C(CCCC1CCCCC1)N1CCc2nc[nH]c2CC1. The molecule has 1 saturated carbocycles. The highest BCUT2D eigenvalue weighted by atomic mass is 16.2. The normalized spacial score (nSPS) is 20.1. The molecule has 3 rings (SSSR count). The number of fused-ring (bicyclic) bond motifs is 1. The van der Waals surface area contributed by atoms with Crippen LogP contribution in [0.3, 0.4) is 0 Å². The maximum absolute atomic E-state index is 12.4. The van der Waals surface area contributed by atoms with Crippen molar-refractivity contribution in [3.63, 3.8) is 0 Å². The number of carbonyl (C=O) groups excluding carboxylic acids is 1. The zero-order valence-corrected chi connectivity index (χ0v) is 12.9. The number of aromatic amines is 1. The van der Waals surface area contributed by atoms with E-state index in [1.54, 1.807) is 6.33 Å². The lowest BCUT2D eigenvalue weighted by Crippen LogP contribution is -2.33. The van der Waals surface area contributed by atoms with Crippen LogP contribution < -0.4 is 0 Å². The maximum Gasteiger partial charge on any atom is 0.222 e. The van der Waals surface area contributed by atoms with Crippen molar-refractivity contribution >= 4 is 5.91 Å². The molecular weight excluding hydrogens is 262 g/mol. The number of carbonyl (C=O) groups is 1. The predicted molar refractivity (Wildman–Crippen MR) is 83.0 cm³/mol. The largest absolute Gasteiger partial charge is 0.348 e. The first-order chi connectivity index (χ1) is 10.3. The van der Waals surface area contributed by atoms with Crippen LogP contribution >= 0.6 is 0 Å². The number of amides is 1. The van der Waals surface area contributed by atoms with Gasteiger partial charge in [-0.05, 0) is 18.8 Å². The second kappa shape index (κ2) is 7.10. The predicted octanol–water partition coefficient (Wildman–Crippen LogP) is 3.09. The van der Waals surface area contributed by atoms with Gasteiger partial charge < -0.3 is 9.88 Å². The second-order valence-electron chi connectivity index (χ2n) is 6.60. The van der Waals surface area contributed by atoms with Gasteiger partial charge in [-0.2, -0.15) is 0 Å². The Hall–Kier alpha value is -1.32. The van der Waals surface area contributed by atoms with Gasteiger partial charge in [0, 0.05) is 38.0 Å². The quantitative estimate of drug-likeness (QED) is 0.926. The second-order valence-corrected chi connectivity index (χ2v) is 6.60. The number of imidazole rings is 1. The Morgan fingerprint density at radius 3 is 2.90 bits per heavy atom. The molecule has 1 amide bonds. The van der Waals surface area contributed by atoms with E-state index in [1.807, 2.05) is 4.90 Å². The molecule has 0 saturated heterocycles. The minimum atomic E-state index is 0.343. The molecule has 2 aliphatic rings. The molecule has 0 radical (unpaired) electrons. The molecule has 0 aromatic carbocycles. The Bertz CT molecular complexity index is 440. The molecule has 1 aromatic heterocycles. The molecule has 1 aliphatic heterocycles. The van der Waals surface area contributed by atoms with Gasteiger partial charge in [0.05, 0.1) is 12.0 Å². The van der Waals surface area contributed by atoms with Crippen molar-refractivity contribution in [2.45, 2.75) is 64.2 Å². The third-order valence-electron chi connectivity index (χ3n) is 5.14. The number of hydrogen-bond donors (Lipinski definition) is 1. The highest BCUT2D eigenvalue weighted by Crippen LogP contribution is 2.27. The van der Waals surface area contributed by atoms with E-state index in [2.05, 4.69) is 9.97 Å². The fourth-order valence-corrected chi connectivity index (χ4v) is 3.81. The van der Waals surface area contributed by atoms with Gasteiger partial charge >= 0.3 is 0 Å². The van der Waals surface area contributed by atoms with E-state index in [4.69, 9.17) is 0 Å². The van der Waals surface area contributed by atoms with E-state index >= 15 is 0 Å². The standard InChI is InChI=1S/C17H27N3O/c21-17(8-4-7-14-5-2-1-3-6-14)20-11-9-15-16(10-12-20)19-13-18-15/h13-14H,1-12H2,(H,18,19). The summed E-state index contributed by atoms with van der Waals surface area (Å²) in [4.78, 5) is 21.9. The summed E-state index contributed by atoms with van der Waals surface area (Å²) in [5.74, 6) is 1.23. The third-order valence-corrected chi connectivity index (χ3v) is 5.14. The number of aromatic nitrogens is 2. The van der Waals surface area contributed by atoms with Gasteiger partial charge in [0.25, 0.3) is 0 Å². The van der Waals surface area contributed by atoms with Crippen molar-refractivity contribution in [1.29, 1.82) is 0 Å². The van der Waals surface area contributed by atoms with Crippen LogP contribution in [-0.2, 0) is 17.6 Å². The van der Waals surface area contributed by atoms with Crippen LogP contribution in [0.15, 0.2) is 6.33 Å². The molecule has 0 bridgehead atoms. The van der Waals surface area contributed by atoms with Crippen LogP contribution in [0, 0.1) is 5.92 Å². The summed E-state index contributed by atoms with van der Waals surface area (Å²) in [6.07, 6.45) is 13.6. The Labute approximate surface area is 127 Å². The van der Waals surface area contributed by atoms with Crippen molar-refractivity contribution in [3.05, 3.63) is 17.7 Å². The van der Waals surface area contributed by atoms with Crippen molar-refractivity contribution in [1.82, 2.24) is 14.9 Å². The number of H-pyrrole nitrogens is 1. The lowest BCUT2D eigenvalue weighted by atomic mass is 9.86. The summed E-state index contributed by atoms with van der Waals surface area (Å²) in [7, 11) is 0. The van der Waals surface area contributed by atoms with Gasteiger partial charge in [-0.15, -0.1) is 0 Å². The van der Waals surface area contributed by atoms with E-state index < -0.39 is 0 Å². The molecule has 4 nitrogen and oxygen atoms in total. The zero-order chi connectivity index (χ0) is 14.5. The van der Waals surface area contributed by atoms with Crippen molar-refractivity contribution in [2.24, 2.45) is 5.92 Å². The molecule has 116 valence electrons. The van der Waals surface area contributed by atoms with Crippen molar-refractivity contribution in [2.75, 3.05) is 13.1 Å². The number of nitrogens with one attached hydrogen (secondary N) is 1. The Kier molecular flexibility index (Phi) is 4.94. The van der Waals surface area contributed by atoms with E-state index in [0.29, 0.717) is 5.91 Å². The van der Waals surface area contributed by atoms with Gasteiger partial charge in [-0.1, -0.05) is 32.1 Å². The van der Waals surface area contributed by atoms with Crippen LogP contribution in [0.5, 0.6) is 0 Å². The summed E-state index contributed by atoms with van der Waals surface area (Å²) in [5.41, 5.74) is 2.36. The average Bonchev–Trinajstić information content (AvgIpc) is 2.87. The summed E-state index contributed by atoms with van der Waals surface area (Å²) >= 11 is 0. The average molecular weight is 289 g/mol. The van der Waals surface area contributed by atoms with E-state index in [9.17, 15) is 4.79 Å². The first-order valence-corrected chi connectivity index (χ1v) is 8.62. The molecule has 4 heteroatoms. The summed E-state index contributed by atoms with van der Waals surface area (Å²) in [6.45, 7) is 1.68. The molecule has 2 heterocycles. The summed E-state index contributed by atoms with van der Waals surface area (Å²) in [6, 6.07) is 0. The van der Waals surface area contributed by atoms with E-state index in [0.717, 1.165) is 50.4 Å². The first kappa shape index (κ1) is 14.6. The Morgan fingerprint density at radius 2 is 2.05 bits per heavy atom. The van der Waals surface area contributed by atoms with Gasteiger partial charge in [-0.25, -0.2) is 4.98 Å². The van der Waals surface area contributed by atoms with Gasteiger partial charge in [0.15, 0.2) is 0 Å². The lowest BCUT2D eigenvalue weighted by Gasteiger charge is -2.23. The zero-order valence-electron chi connectivity index (χ0n) is 12.9. The first-order valence-electron chi connectivity index (χ1n) is 8.62. The molecule has 1 N–H and O–H groups in total. The fourth-order valence-electron chi connectivity index (χ4n) is 3.81. The fraction of sp³-hybridized carbons (Fsp3) is 0.765. The Morgan fingerprint density at radius 1 is 1.24 bits per heavy atom. The minimum Gasteiger partial charge on any atom is -0.348 e. The van der Waals surface area contributed by atoms with Crippen LogP contribution in [0.1, 0.15) is 62.8 Å². The lowest BCUT2D eigenvalue weighted by molar-refractivity contribution is -0.131. The molecule has 1 fully saturated rings. The van der Waals surface area contributed by atoms with Crippen LogP contribution in [-0.4, -0.2) is 33.9 Å². The number of hydrogen-bond acceptors (Lipinski definition) is 2. The van der Waals surface area contributed by atoms with Crippen LogP contribution in [0.2, 0.25) is 0 Å². The highest BCUT2D eigenvalue weighted by Gasteiger charge is 2.20. The molecule has 21 heavy (non-hydrogen) atoms. The van der Waals surface area contributed by atoms with Crippen molar-refractivity contribution in [3.8, 4) is 0 Å². The van der Waals surface area contributed by atoms with Crippen LogP contribution in [0.4, 0.5) is 0 Å². The van der Waals surface area contributed by atoms with Crippen molar-refractivity contribution < 1.29 is 4.79 Å².